The second-order valence-corrected chi connectivity index (χ2v) is 7.03. The van der Waals surface area contributed by atoms with Gasteiger partial charge in [0.25, 0.3) is 0 Å². The van der Waals surface area contributed by atoms with Crippen LogP contribution in [0.3, 0.4) is 0 Å². The molecule has 0 bridgehead atoms. The van der Waals surface area contributed by atoms with Crippen LogP contribution in [0, 0.1) is 0 Å². The summed E-state index contributed by atoms with van der Waals surface area (Å²) in [7, 11) is 0. The first-order valence-corrected chi connectivity index (χ1v) is 8.86. The van der Waals surface area contributed by atoms with E-state index in [0.717, 1.165) is 20.5 Å². The van der Waals surface area contributed by atoms with Gasteiger partial charge in [0.1, 0.15) is 12.0 Å². The zero-order chi connectivity index (χ0) is 20.3. The fraction of sp³-hybridized carbons (Fsp3) is 0.235. The first kappa shape index (κ1) is 22.8. The Morgan fingerprint density at radius 3 is 2.59 bits per heavy atom. The molecule has 0 aliphatic rings. The number of pyridine rings is 1. The Bertz CT molecular complexity index is 1040. The molecule has 0 spiro atoms. The van der Waals surface area contributed by atoms with Gasteiger partial charge in [-0.15, -0.1) is 23.7 Å². The van der Waals surface area contributed by atoms with Gasteiger partial charge in [0.2, 0.25) is 0 Å². The van der Waals surface area contributed by atoms with E-state index in [2.05, 4.69) is 10.1 Å². The maximum Gasteiger partial charge on any atom is 0.433 e. The number of aromatic nitrogens is 4. The van der Waals surface area contributed by atoms with E-state index in [9.17, 15) is 22.4 Å². The lowest BCUT2D eigenvalue weighted by Crippen LogP contribution is -2.26. The number of alkyl halides is 3. The van der Waals surface area contributed by atoms with E-state index >= 15 is 0 Å². The molecule has 6 nitrogen and oxygen atoms in total. The molecule has 0 fully saturated rings. The smallest absolute Gasteiger partial charge is 0.327 e. The standard InChI is InChI=1S/C17H15F4N5OS.ClH/c18-5-11(6-22)8-26-16(27)25(10-24-26)9-13-2-3-14(28-13)12-1-4-15(23-7-12)17(19,20)21;/h1-5,7,10H,6,8-9,22H2;1H/b11-5-;. The van der Waals surface area contributed by atoms with Crippen LogP contribution in [0.2, 0.25) is 0 Å². The molecule has 0 aliphatic carbocycles. The fourth-order valence-electron chi connectivity index (χ4n) is 2.42. The Balaban J connectivity index is 0.00000300. The fourth-order valence-corrected chi connectivity index (χ4v) is 3.41. The van der Waals surface area contributed by atoms with Crippen LogP contribution in [0.25, 0.3) is 10.4 Å². The second kappa shape index (κ2) is 9.33. The van der Waals surface area contributed by atoms with Crippen molar-refractivity contribution in [1.29, 1.82) is 0 Å². The first-order valence-electron chi connectivity index (χ1n) is 8.04. The molecule has 29 heavy (non-hydrogen) atoms. The maximum atomic E-state index is 12.6. The van der Waals surface area contributed by atoms with Gasteiger partial charge < -0.3 is 5.73 Å². The molecule has 0 saturated heterocycles. The molecule has 3 aromatic heterocycles. The third-order valence-corrected chi connectivity index (χ3v) is 5.01. The Morgan fingerprint density at radius 2 is 2.00 bits per heavy atom. The Labute approximate surface area is 172 Å². The quantitative estimate of drug-likeness (QED) is 0.584. The molecule has 3 aromatic rings. The van der Waals surface area contributed by atoms with E-state index in [0.29, 0.717) is 11.9 Å². The number of halogens is 5. The van der Waals surface area contributed by atoms with E-state index < -0.39 is 17.6 Å². The molecule has 2 N–H and O–H groups in total. The van der Waals surface area contributed by atoms with Crippen LogP contribution in [0.15, 0.2) is 53.5 Å². The lowest BCUT2D eigenvalue weighted by Gasteiger charge is -2.05. The van der Waals surface area contributed by atoms with Crippen molar-refractivity contribution in [2.24, 2.45) is 5.73 Å². The molecular formula is C17H16ClF4N5OS. The van der Waals surface area contributed by atoms with Gasteiger partial charge in [0.15, 0.2) is 0 Å². The van der Waals surface area contributed by atoms with Crippen LogP contribution in [0.1, 0.15) is 10.6 Å². The van der Waals surface area contributed by atoms with Crippen LogP contribution in [-0.4, -0.2) is 25.9 Å². The highest BCUT2D eigenvalue weighted by Gasteiger charge is 2.32. The number of rotatable bonds is 6. The van der Waals surface area contributed by atoms with Gasteiger partial charge in [0, 0.05) is 28.1 Å². The van der Waals surface area contributed by atoms with Crippen LogP contribution in [0.4, 0.5) is 17.6 Å². The van der Waals surface area contributed by atoms with Crippen molar-refractivity contribution in [2.75, 3.05) is 6.54 Å². The van der Waals surface area contributed by atoms with Crippen LogP contribution in [-0.2, 0) is 19.3 Å². The minimum Gasteiger partial charge on any atom is -0.327 e. The molecule has 0 unspecified atom stereocenters. The van der Waals surface area contributed by atoms with Gasteiger partial charge in [0.05, 0.1) is 19.4 Å². The number of nitrogens with two attached hydrogens (primary N) is 1. The van der Waals surface area contributed by atoms with Gasteiger partial charge in [-0.25, -0.2) is 13.9 Å². The number of hydrogen-bond acceptors (Lipinski definition) is 5. The molecule has 156 valence electrons. The number of nitrogens with zero attached hydrogens (tertiary/aromatic N) is 4. The van der Waals surface area contributed by atoms with Gasteiger partial charge in [-0.2, -0.15) is 18.3 Å². The van der Waals surface area contributed by atoms with Crippen molar-refractivity contribution < 1.29 is 17.6 Å². The highest BCUT2D eigenvalue weighted by Crippen LogP contribution is 2.31. The zero-order valence-corrected chi connectivity index (χ0v) is 16.4. The van der Waals surface area contributed by atoms with Crippen LogP contribution in [0.5, 0.6) is 0 Å². The molecule has 0 radical (unpaired) electrons. The molecule has 3 heterocycles. The van der Waals surface area contributed by atoms with Crippen LogP contribution < -0.4 is 11.4 Å². The van der Waals surface area contributed by atoms with Crippen molar-refractivity contribution in [3.63, 3.8) is 0 Å². The minimum atomic E-state index is -4.48. The summed E-state index contributed by atoms with van der Waals surface area (Å²) < 4.78 is 52.9. The Morgan fingerprint density at radius 1 is 1.24 bits per heavy atom. The highest BCUT2D eigenvalue weighted by molar-refractivity contribution is 7.15. The SMILES string of the molecule is Cl.NC/C(=C/F)Cn1ncn(Cc2ccc(-c3ccc(C(F)(F)F)nc3)s2)c1=O. The summed E-state index contributed by atoms with van der Waals surface area (Å²) >= 11 is 1.33. The maximum absolute atomic E-state index is 12.6. The highest BCUT2D eigenvalue weighted by atomic mass is 35.5. The third-order valence-electron chi connectivity index (χ3n) is 3.89. The summed E-state index contributed by atoms with van der Waals surface area (Å²) in [4.78, 5) is 17.3. The van der Waals surface area contributed by atoms with Gasteiger partial charge in [-0.3, -0.25) is 9.55 Å². The van der Waals surface area contributed by atoms with E-state index in [4.69, 9.17) is 5.73 Å². The minimum absolute atomic E-state index is 0. The summed E-state index contributed by atoms with van der Waals surface area (Å²) in [5, 5.41) is 3.94. The summed E-state index contributed by atoms with van der Waals surface area (Å²) in [5.41, 5.74) is 4.79. The molecule has 0 aliphatic heterocycles. The van der Waals surface area contributed by atoms with E-state index in [-0.39, 0.29) is 37.6 Å². The van der Waals surface area contributed by atoms with E-state index in [1.54, 1.807) is 12.1 Å². The average Bonchev–Trinajstić information content (AvgIpc) is 3.27. The van der Waals surface area contributed by atoms with E-state index in [1.807, 2.05) is 0 Å². The Hall–Kier alpha value is -2.50. The lowest BCUT2D eigenvalue weighted by molar-refractivity contribution is -0.141. The first-order chi connectivity index (χ1) is 13.3. The summed E-state index contributed by atoms with van der Waals surface area (Å²) in [6.45, 7) is 0.172. The molecule has 3 rings (SSSR count). The van der Waals surface area contributed by atoms with Crippen molar-refractivity contribution >= 4 is 23.7 Å². The largest absolute Gasteiger partial charge is 0.433 e. The zero-order valence-electron chi connectivity index (χ0n) is 14.8. The predicted octanol–water partition coefficient (Wildman–Crippen LogP) is 3.47. The topological polar surface area (TPSA) is 78.7 Å². The molecule has 12 heteroatoms. The van der Waals surface area contributed by atoms with Crippen LogP contribution >= 0.6 is 23.7 Å². The summed E-state index contributed by atoms with van der Waals surface area (Å²) in [5.74, 6) is 0. The van der Waals surface area contributed by atoms with Crippen molar-refractivity contribution in [2.45, 2.75) is 19.3 Å². The van der Waals surface area contributed by atoms with Gasteiger partial charge in [-0.05, 0) is 29.8 Å². The van der Waals surface area contributed by atoms with Gasteiger partial charge >= 0.3 is 11.9 Å². The average molecular weight is 450 g/mol. The second-order valence-electron chi connectivity index (χ2n) is 5.87. The van der Waals surface area contributed by atoms with Crippen molar-refractivity contribution in [3.8, 4) is 10.4 Å². The summed E-state index contributed by atoms with van der Waals surface area (Å²) in [6, 6.07) is 5.80. The molecule has 0 amide bonds. The van der Waals surface area contributed by atoms with E-state index in [1.165, 1.54) is 34.5 Å². The monoisotopic (exact) mass is 449 g/mol. The number of thiophene rings is 1. The number of hydrogen-bond donors (Lipinski definition) is 1. The normalized spacial score (nSPS) is 12.1. The molecular weight excluding hydrogens is 434 g/mol. The lowest BCUT2D eigenvalue weighted by atomic mass is 10.2. The van der Waals surface area contributed by atoms with Crippen molar-refractivity contribution in [3.05, 3.63) is 69.7 Å². The molecule has 0 atom stereocenters. The summed E-state index contributed by atoms with van der Waals surface area (Å²) in [6.07, 6.45) is -1.62. The predicted molar refractivity (Wildman–Crippen MR) is 104 cm³/mol. The van der Waals surface area contributed by atoms with Crippen molar-refractivity contribution in [1.82, 2.24) is 19.3 Å². The molecule has 0 aromatic carbocycles. The Kier molecular flexibility index (Phi) is 7.33. The molecule has 0 saturated carbocycles. The third kappa shape index (κ3) is 5.31. The van der Waals surface area contributed by atoms with Gasteiger partial charge in [-0.1, -0.05) is 0 Å².